The molecule has 0 aliphatic heterocycles. The summed E-state index contributed by atoms with van der Waals surface area (Å²) in [6, 6.07) is -0.722. The predicted molar refractivity (Wildman–Crippen MR) is 74.3 cm³/mol. The molecule has 20 heavy (non-hydrogen) atoms. The van der Waals surface area contributed by atoms with E-state index in [1.54, 1.807) is 20.8 Å². The quantitative estimate of drug-likeness (QED) is 0.530. The first kappa shape index (κ1) is 18.4. The van der Waals surface area contributed by atoms with Crippen molar-refractivity contribution < 1.29 is 23.9 Å². The SMILES string of the molecule is CCC[C@@H](C(=O)OC)N(CCC=O)C(=O)OC(C)(C)C. The summed E-state index contributed by atoms with van der Waals surface area (Å²) in [5, 5.41) is 0. The number of hydrogen-bond acceptors (Lipinski definition) is 5. The minimum absolute atomic E-state index is 0.137. The molecule has 0 heterocycles. The lowest BCUT2D eigenvalue weighted by Gasteiger charge is -2.31. The first-order chi connectivity index (χ1) is 9.26. The van der Waals surface area contributed by atoms with E-state index in [1.807, 2.05) is 6.92 Å². The highest BCUT2D eigenvalue weighted by Gasteiger charge is 2.32. The van der Waals surface area contributed by atoms with Crippen LogP contribution < -0.4 is 0 Å². The van der Waals surface area contributed by atoms with Crippen molar-refractivity contribution in [2.45, 2.75) is 58.6 Å². The van der Waals surface area contributed by atoms with Crippen LogP contribution in [0, 0.1) is 0 Å². The van der Waals surface area contributed by atoms with Crippen LogP contribution in [-0.2, 0) is 19.1 Å². The Morgan fingerprint density at radius 2 is 1.90 bits per heavy atom. The van der Waals surface area contributed by atoms with E-state index in [9.17, 15) is 14.4 Å². The molecular formula is C14H25NO5. The van der Waals surface area contributed by atoms with Crippen LogP contribution in [0.25, 0.3) is 0 Å². The van der Waals surface area contributed by atoms with Crippen LogP contribution in [0.15, 0.2) is 0 Å². The van der Waals surface area contributed by atoms with Crippen molar-refractivity contribution in [3.63, 3.8) is 0 Å². The molecule has 0 fully saturated rings. The Morgan fingerprint density at radius 3 is 2.30 bits per heavy atom. The smallest absolute Gasteiger partial charge is 0.411 e. The molecular weight excluding hydrogens is 262 g/mol. The molecule has 0 saturated heterocycles. The Labute approximate surface area is 120 Å². The minimum atomic E-state index is -0.722. The lowest BCUT2D eigenvalue weighted by molar-refractivity contribution is -0.147. The number of carbonyl (C=O) groups is 3. The highest BCUT2D eigenvalue weighted by Crippen LogP contribution is 2.16. The predicted octanol–water partition coefficient (Wildman–Crippen LogP) is 2.15. The van der Waals surface area contributed by atoms with E-state index in [2.05, 4.69) is 0 Å². The molecule has 0 rings (SSSR count). The molecule has 0 spiro atoms. The maximum absolute atomic E-state index is 12.2. The molecule has 0 aliphatic carbocycles. The Balaban J connectivity index is 5.11. The Bertz CT molecular complexity index is 335. The van der Waals surface area contributed by atoms with Crippen molar-refractivity contribution in [3.05, 3.63) is 0 Å². The largest absolute Gasteiger partial charge is 0.467 e. The summed E-state index contributed by atoms with van der Waals surface area (Å²) in [7, 11) is 1.28. The second-order valence-electron chi connectivity index (χ2n) is 5.46. The van der Waals surface area contributed by atoms with Crippen LogP contribution >= 0.6 is 0 Å². The van der Waals surface area contributed by atoms with E-state index in [-0.39, 0.29) is 13.0 Å². The van der Waals surface area contributed by atoms with Gasteiger partial charge in [-0.1, -0.05) is 13.3 Å². The van der Waals surface area contributed by atoms with Gasteiger partial charge in [0.2, 0.25) is 0 Å². The number of rotatable bonds is 7. The molecule has 0 bridgehead atoms. The van der Waals surface area contributed by atoms with Gasteiger partial charge >= 0.3 is 12.1 Å². The molecule has 0 aliphatic rings. The number of nitrogens with zero attached hydrogens (tertiary/aromatic N) is 1. The Hall–Kier alpha value is -1.59. The average molecular weight is 287 g/mol. The molecule has 0 aromatic carbocycles. The van der Waals surface area contributed by atoms with Crippen LogP contribution in [0.3, 0.4) is 0 Å². The number of ether oxygens (including phenoxy) is 2. The molecule has 6 heteroatoms. The molecule has 6 nitrogen and oxygen atoms in total. The fourth-order valence-corrected chi connectivity index (χ4v) is 1.70. The Kier molecular flexibility index (Phi) is 7.87. The Morgan fingerprint density at radius 1 is 1.30 bits per heavy atom. The van der Waals surface area contributed by atoms with Gasteiger partial charge in [0.1, 0.15) is 17.9 Å². The van der Waals surface area contributed by atoms with Crippen molar-refractivity contribution in [2.75, 3.05) is 13.7 Å². The molecule has 1 amide bonds. The summed E-state index contributed by atoms with van der Waals surface area (Å²) in [5.41, 5.74) is -0.663. The number of esters is 1. The van der Waals surface area contributed by atoms with E-state index < -0.39 is 23.7 Å². The minimum Gasteiger partial charge on any atom is -0.467 e. The third-order valence-electron chi connectivity index (χ3n) is 2.53. The molecule has 1 atom stereocenters. The lowest BCUT2D eigenvalue weighted by atomic mass is 10.1. The van der Waals surface area contributed by atoms with Gasteiger partial charge in [-0.2, -0.15) is 0 Å². The van der Waals surface area contributed by atoms with Crippen LogP contribution in [0.4, 0.5) is 4.79 Å². The summed E-state index contributed by atoms with van der Waals surface area (Å²) < 4.78 is 10.0. The van der Waals surface area contributed by atoms with Crippen LogP contribution in [0.5, 0.6) is 0 Å². The summed E-state index contributed by atoms with van der Waals surface area (Å²) in [4.78, 5) is 35.8. The molecule has 0 radical (unpaired) electrons. The van der Waals surface area contributed by atoms with Gasteiger partial charge in [-0.15, -0.1) is 0 Å². The topological polar surface area (TPSA) is 72.9 Å². The second kappa shape index (κ2) is 8.55. The van der Waals surface area contributed by atoms with Crippen molar-refractivity contribution in [3.8, 4) is 0 Å². The van der Waals surface area contributed by atoms with Crippen LogP contribution in [-0.4, -0.2) is 48.5 Å². The van der Waals surface area contributed by atoms with Crippen molar-refractivity contribution >= 4 is 18.3 Å². The van der Waals surface area contributed by atoms with Gasteiger partial charge in [-0.05, 0) is 27.2 Å². The third-order valence-corrected chi connectivity index (χ3v) is 2.53. The zero-order chi connectivity index (χ0) is 15.8. The normalized spacial score (nSPS) is 12.4. The van der Waals surface area contributed by atoms with Gasteiger partial charge in [-0.25, -0.2) is 9.59 Å². The highest BCUT2D eigenvalue weighted by atomic mass is 16.6. The van der Waals surface area contributed by atoms with Crippen LogP contribution in [0.1, 0.15) is 47.0 Å². The summed E-state index contributed by atoms with van der Waals surface area (Å²) in [5.74, 6) is -0.497. The fraction of sp³-hybridized carbons (Fsp3) is 0.786. The summed E-state index contributed by atoms with van der Waals surface area (Å²) in [6.07, 6.45) is 1.42. The van der Waals surface area contributed by atoms with Gasteiger partial charge < -0.3 is 14.3 Å². The monoisotopic (exact) mass is 287 g/mol. The molecule has 0 aromatic rings. The zero-order valence-electron chi connectivity index (χ0n) is 13.0. The standard InChI is InChI=1S/C14H25NO5/c1-6-8-11(12(17)19-5)15(9-7-10-16)13(18)20-14(2,3)4/h10-11H,6-9H2,1-5H3/t11-/m0/s1. The first-order valence-corrected chi connectivity index (χ1v) is 6.77. The van der Waals surface area contributed by atoms with Gasteiger partial charge in [0.05, 0.1) is 7.11 Å². The third kappa shape index (κ3) is 6.54. The van der Waals surface area contributed by atoms with E-state index in [1.165, 1.54) is 12.0 Å². The molecule has 0 N–H and O–H groups in total. The lowest BCUT2D eigenvalue weighted by Crippen LogP contribution is -2.48. The van der Waals surface area contributed by atoms with Crippen molar-refractivity contribution in [2.24, 2.45) is 0 Å². The first-order valence-electron chi connectivity index (χ1n) is 6.77. The summed E-state index contributed by atoms with van der Waals surface area (Å²) >= 11 is 0. The number of aldehydes is 1. The molecule has 0 aromatic heterocycles. The number of amides is 1. The highest BCUT2D eigenvalue weighted by molar-refractivity contribution is 5.81. The van der Waals surface area contributed by atoms with Crippen LogP contribution in [0.2, 0.25) is 0 Å². The van der Waals surface area contributed by atoms with E-state index in [4.69, 9.17) is 9.47 Å². The molecule has 116 valence electrons. The number of carbonyl (C=O) groups excluding carboxylic acids is 3. The zero-order valence-corrected chi connectivity index (χ0v) is 13.0. The molecule has 0 unspecified atom stereocenters. The van der Waals surface area contributed by atoms with Gasteiger partial charge in [0.25, 0.3) is 0 Å². The van der Waals surface area contributed by atoms with Gasteiger partial charge in [-0.3, -0.25) is 4.90 Å². The number of hydrogen-bond donors (Lipinski definition) is 0. The van der Waals surface area contributed by atoms with E-state index in [0.29, 0.717) is 19.1 Å². The fourth-order valence-electron chi connectivity index (χ4n) is 1.70. The van der Waals surface area contributed by atoms with Crippen molar-refractivity contribution in [1.82, 2.24) is 4.90 Å². The van der Waals surface area contributed by atoms with E-state index >= 15 is 0 Å². The summed E-state index contributed by atoms with van der Waals surface area (Å²) in [6.45, 7) is 7.28. The van der Waals surface area contributed by atoms with Gasteiger partial charge in [0, 0.05) is 13.0 Å². The van der Waals surface area contributed by atoms with Crippen molar-refractivity contribution in [1.29, 1.82) is 0 Å². The van der Waals surface area contributed by atoms with Gasteiger partial charge in [0.15, 0.2) is 0 Å². The average Bonchev–Trinajstić information content (AvgIpc) is 2.34. The van der Waals surface area contributed by atoms with E-state index in [0.717, 1.165) is 0 Å². The second-order valence-corrected chi connectivity index (χ2v) is 5.46. The number of methoxy groups -OCH3 is 1. The molecule has 0 saturated carbocycles. The maximum Gasteiger partial charge on any atom is 0.411 e. The maximum atomic E-state index is 12.2.